The number of unbranched alkanes of at least 4 members (excludes halogenated alkanes) is 15. The smallest absolute Gasteiger partial charge is 0.137 e. The van der Waals surface area contributed by atoms with Gasteiger partial charge in [-0.15, -0.1) is 0 Å². The van der Waals surface area contributed by atoms with Crippen LogP contribution in [0.1, 0.15) is 123 Å². The van der Waals surface area contributed by atoms with Crippen molar-refractivity contribution >= 4 is 11.4 Å². The van der Waals surface area contributed by atoms with Gasteiger partial charge in [-0.1, -0.05) is 140 Å². The summed E-state index contributed by atoms with van der Waals surface area (Å²) >= 11 is 0. The first-order chi connectivity index (χ1) is 16.8. The molecule has 2 aromatic rings. The average molecular weight is 500 g/mol. The number of hydrogen-bond acceptors (Lipinski definition) is 0. The van der Waals surface area contributed by atoms with Crippen LogP contribution in [0.3, 0.4) is 0 Å². The highest BCUT2D eigenvalue weighted by atomic mass is 35.5. The number of hydrogen-bond donors (Lipinski definition) is 0. The zero-order valence-electron chi connectivity index (χ0n) is 23.0. The molecule has 0 radical (unpaired) electrons. The van der Waals surface area contributed by atoms with Crippen LogP contribution in [-0.4, -0.2) is 13.1 Å². The van der Waals surface area contributed by atoms with Gasteiger partial charge >= 0.3 is 0 Å². The zero-order valence-corrected chi connectivity index (χ0v) is 23.8. The van der Waals surface area contributed by atoms with Crippen molar-refractivity contribution in [1.82, 2.24) is 4.48 Å². The predicted molar refractivity (Wildman–Crippen MR) is 154 cm³/mol. The van der Waals surface area contributed by atoms with Crippen LogP contribution in [0.4, 0.5) is 11.4 Å². The molecule has 0 aromatic heterocycles. The molecule has 35 heavy (non-hydrogen) atoms. The number of nitrogens with zero attached hydrogens (tertiary/aromatic N) is 1. The van der Waals surface area contributed by atoms with Crippen molar-refractivity contribution in [3.8, 4) is 0 Å². The van der Waals surface area contributed by atoms with E-state index < -0.39 is 0 Å². The van der Waals surface area contributed by atoms with Gasteiger partial charge in [0.05, 0.1) is 13.1 Å². The minimum atomic E-state index is 0. The van der Waals surface area contributed by atoms with Crippen molar-refractivity contribution in [3.05, 3.63) is 60.7 Å². The van der Waals surface area contributed by atoms with Crippen molar-refractivity contribution in [3.63, 3.8) is 0 Å². The van der Waals surface area contributed by atoms with Crippen LogP contribution < -0.4 is 16.9 Å². The third-order valence-electron chi connectivity index (χ3n) is 7.50. The molecule has 2 rings (SSSR count). The Bertz CT molecular complexity index is 660. The Labute approximate surface area is 224 Å². The summed E-state index contributed by atoms with van der Waals surface area (Å²) in [6, 6.07) is 22.4. The first-order valence-corrected chi connectivity index (χ1v) is 14.8. The molecule has 2 aromatic carbocycles. The summed E-state index contributed by atoms with van der Waals surface area (Å²) in [4.78, 5) is 0. The second-order valence-corrected chi connectivity index (χ2v) is 10.4. The highest BCUT2D eigenvalue weighted by Gasteiger charge is 2.31. The Balaban J connectivity index is 0.00000612. The maximum atomic E-state index is 2.33. The Morgan fingerprint density at radius 1 is 0.400 bits per heavy atom. The van der Waals surface area contributed by atoms with Crippen molar-refractivity contribution in [2.75, 3.05) is 13.1 Å². The first kappa shape index (κ1) is 31.7. The Morgan fingerprint density at radius 3 is 1.09 bits per heavy atom. The molecule has 198 valence electrons. The van der Waals surface area contributed by atoms with E-state index in [4.69, 9.17) is 0 Å². The van der Waals surface area contributed by atoms with Crippen LogP contribution >= 0.6 is 0 Å². The predicted octanol–water partition coefficient (Wildman–Crippen LogP) is 8.00. The normalized spacial score (nSPS) is 11.4. The van der Waals surface area contributed by atoms with Gasteiger partial charge in [-0.05, 0) is 43.5 Å². The molecule has 0 aliphatic carbocycles. The van der Waals surface area contributed by atoms with Crippen LogP contribution in [0.2, 0.25) is 0 Å². The Hall–Kier alpha value is -1.31. The van der Waals surface area contributed by atoms with Gasteiger partial charge < -0.3 is 12.4 Å². The Morgan fingerprint density at radius 2 is 0.743 bits per heavy atom. The summed E-state index contributed by atoms with van der Waals surface area (Å²) in [6.07, 6.45) is 24.0. The molecule has 2 heteroatoms. The monoisotopic (exact) mass is 499 g/mol. The molecule has 0 aliphatic rings. The van der Waals surface area contributed by atoms with Gasteiger partial charge in [0, 0.05) is 0 Å². The topological polar surface area (TPSA) is 0 Å². The highest BCUT2D eigenvalue weighted by Crippen LogP contribution is 2.35. The molecular formula is C33H54ClN. The second-order valence-electron chi connectivity index (χ2n) is 10.4. The van der Waals surface area contributed by atoms with E-state index in [0.29, 0.717) is 0 Å². The zero-order chi connectivity index (χ0) is 24.2. The molecule has 0 N–H and O–H groups in total. The van der Waals surface area contributed by atoms with E-state index in [9.17, 15) is 0 Å². The van der Waals surface area contributed by atoms with Gasteiger partial charge in [-0.2, -0.15) is 0 Å². The fourth-order valence-corrected chi connectivity index (χ4v) is 5.52. The van der Waals surface area contributed by atoms with Crippen LogP contribution in [0.5, 0.6) is 0 Å². The van der Waals surface area contributed by atoms with Crippen molar-refractivity contribution in [2.24, 2.45) is 0 Å². The van der Waals surface area contributed by atoms with E-state index in [1.807, 2.05) is 0 Å². The van der Waals surface area contributed by atoms with Crippen molar-refractivity contribution in [2.45, 2.75) is 123 Å². The van der Waals surface area contributed by atoms with E-state index in [1.165, 1.54) is 134 Å². The lowest BCUT2D eigenvalue weighted by atomic mass is 10.0. The van der Waals surface area contributed by atoms with Gasteiger partial charge in [0.2, 0.25) is 0 Å². The maximum absolute atomic E-state index is 2.33. The third kappa shape index (κ3) is 12.5. The van der Waals surface area contributed by atoms with Gasteiger partial charge in [0.25, 0.3) is 0 Å². The third-order valence-corrected chi connectivity index (χ3v) is 7.50. The quantitative estimate of drug-likeness (QED) is 0.120. The molecule has 0 unspecified atom stereocenters. The average Bonchev–Trinajstić information content (AvgIpc) is 2.89. The lowest BCUT2D eigenvalue weighted by Crippen LogP contribution is -3.00. The lowest BCUT2D eigenvalue weighted by molar-refractivity contribution is -0.00000724. The standard InChI is InChI=1S/C33H54N.ClH/c1-3-5-6-7-8-9-10-11-12-13-14-15-16-17-18-25-31-34(30-4-2,32-26-21-19-22-27-32)33-28-23-20-24-29-33;/h19-24,26-29H,3-18,25,30-31H2,1-2H3;1H/q+1;/p-1. The van der Waals surface area contributed by atoms with E-state index in [-0.39, 0.29) is 12.4 Å². The number of quaternary nitrogens is 1. The van der Waals surface area contributed by atoms with E-state index >= 15 is 0 Å². The summed E-state index contributed by atoms with van der Waals surface area (Å²) in [6.45, 7) is 7.01. The maximum Gasteiger partial charge on any atom is 0.137 e. The van der Waals surface area contributed by atoms with Crippen molar-refractivity contribution in [1.29, 1.82) is 0 Å². The minimum Gasteiger partial charge on any atom is -1.00 e. The summed E-state index contributed by atoms with van der Waals surface area (Å²) in [5.74, 6) is 0. The summed E-state index contributed by atoms with van der Waals surface area (Å²) in [7, 11) is 0. The number of benzene rings is 2. The van der Waals surface area contributed by atoms with Crippen LogP contribution in [0, 0.1) is 0 Å². The molecule has 0 saturated carbocycles. The molecule has 0 bridgehead atoms. The molecule has 0 spiro atoms. The molecule has 0 aliphatic heterocycles. The van der Waals surface area contributed by atoms with Gasteiger partial charge in [0.1, 0.15) is 11.4 Å². The fraction of sp³-hybridized carbons (Fsp3) is 0.636. The fourth-order valence-electron chi connectivity index (χ4n) is 5.52. The molecule has 0 heterocycles. The molecular weight excluding hydrogens is 446 g/mol. The number of para-hydroxylation sites is 2. The highest BCUT2D eigenvalue weighted by molar-refractivity contribution is 5.58. The molecule has 0 fully saturated rings. The van der Waals surface area contributed by atoms with Crippen molar-refractivity contribution < 1.29 is 12.4 Å². The van der Waals surface area contributed by atoms with E-state index in [0.717, 1.165) is 4.48 Å². The number of halogens is 1. The number of rotatable bonds is 21. The molecule has 0 saturated heterocycles. The summed E-state index contributed by atoms with van der Waals surface area (Å²) in [5, 5.41) is 0. The van der Waals surface area contributed by atoms with Gasteiger partial charge in [0.15, 0.2) is 0 Å². The Kier molecular flexibility index (Phi) is 18.9. The van der Waals surface area contributed by atoms with Crippen LogP contribution in [0.15, 0.2) is 60.7 Å². The molecule has 0 atom stereocenters. The van der Waals surface area contributed by atoms with E-state index in [2.05, 4.69) is 74.5 Å². The summed E-state index contributed by atoms with van der Waals surface area (Å²) in [5.41, 5.74) is 2.88. The van der Waals surface area contributed by atoms with Gasteiger partial charge in [-0.3, -0.25) is 4.48 Å². The minimum absolute atomic E-state index is 0. The van der Waals surface area contributed by atoms with Gasteiger partial charge in [-0.25, -0.2) is 0 Å². The van der Waals surface area contributed by atoms with Crippen LogP contribution in [0.25, 0.3) is 0 Å². The largest absolute Gasteiger partial charge is 1.00 e. The lowest BCUT2D eigenvalue weighted by Gasteiger charge is -2.38. The molecule has 1 nitrogen and oxygen atoms in total. The van der Waals surface area contributed by atoms with Crippen LogP contribution in [-0.2, 0) is 0 Å². The molecule has 0 amide bonds. The van der Waals surface area contributed by atoms with E-state index in [1.54, 1.807) is 0 Å². The first-order valence-electron chi connectivity index (χ1n) is 14.8. The summed E-state index contributed by atoms with van der Waals surface area (Å²) < 4.78 is 0.997. The SMILES string of the molecule is CCCCCCCCCCCCCCCCCC[N+](CCC)(c1ccccc1)c1ccccc1.[Cl-]. The second kappa shape index (κ2) is 20.8.